The van der Waals surface area contributed by atoms with Crippen molar-refractivity contribution in [1.82, 2.24) is 20.0 Å². The first-order chi connectivity index (χ1) is 8.72. The number of aryl methyl sites for hydroxylation is 1. The molecular weight excluding hydrogens is 228 g/mol. The first-order valence-electron chi connectivity index (χ1n) is 5.67. The molecule has 0 amide bonds. The Morgan fingerprint density at radius 1 is 1.44 bits per heavy atom. The van der Waals surface area contributed by atoms with E-state index in [1.165, 1.54) is 0 Å². The predicted octanol–water partition coefficient (Wildman–Crippen LogP) is 1.49. The molecule has 2 aromatic heterocycles. The highest BCUT2D eigenvalue weighted by molar-refractivity contribution is 5.88. The van der Waals surface area contributed by atoms with Gasteiger partial charge >= 0.3 is 0 Å². The van der Waals surface area contributed by atoms with Crippen LogP contribution in [0.25, 0.3) is 10.9 Å². The molecule has 2 heterocycles. The lowest BCUT2D eigenvalue weighted by molar-refractivity contribution is 0.747. The quantitative estimate of drug-likeness (QED) is 0.607. The second-order valence-corrected chi connectivity index (χ2v) is 4.23. The number of hydrogen-bond donors (Lipinski definition) is 3. The Balaban J connectivity index is 1.83. The highest BCUT2D eigenvalue weighted by atomic mass is 15.3. The summed E-state index contributed by atoms with van der Waals surface area (Å²) >= 11 is 0. The molecule has 0 unspecified atom stereocenters. The molecule has 6 heteroatoms. The molecule has 18 heavy (non-hydrogen) atoms. The number of nitrogen functional groups attached to an aromatic ring is 1. The summed E-state index contributed by atoms with van der Waals surface area (Å²) in [4.78, 5) is 0. The fourth-order valence-electron chi connectivity index (χ4n) is 1.91. The second kappa shape index (κ2) is 4.06. The van der Waals surface area contributed by atoms with Crippen molar-refractivity contribution in [3.05, 3.63) is 36.3 Å². The van der Waals surface area contributed by atoms with Crippen LogP contribution in [0.5, 0.6) is 0 Å². The third-order valence-electron chi connectivity index (χ3n) is 2.84. The fourth-order valence-corrected chi connectivity index (χ4v) is 1.91. The van der Waals surface area contributed by atoms with Crippen LogP contribution in [0.1, 0.15) is 5.69 Å². The van der Waals surface area contributed by atoms with Crippen molar-refractivity contribution < 1.29 is 0 Å². The smallest absolute Gasteiger partial charge is 0.0815 e. The zero-order valence-corrected chi connectivity index (χ0v) is 10.0. The molecule has 4 N–H and O–H groups in total. The van der Waals surface area contributed by atoms with Crippen LogP contribution in [0.3, 0.4) is 0 Å². The molecule has 92 valence electrons. The summed E-state index contributed by atoms with van der Waals surface area (Å²) in [5.74, 6) is 0. The highest BCUT2D eigenvalue weighted by Crippen LogP contribution is 2.24. The number of fused-ring (bicyclic) bond motifs is 1. The summed E-state index contributed by atoms with van der Waals surface area (Å²) in [6.45, 7) is 0.644. The molecule has 0 spiro atoms. The molecule has 0 aliphatic carbocycles. The van der Waals surface area contributed by atoms with Crippen molar-refractivity contribution >= 4 is 22.3 Å². The summed E-state index contributed by atoms with van der Waals surface area (Å²) in [6.07, 6.45) is 3.67. The maximum atomic E-state index is 5.99. The number of hydrogen-bond acceptors (Lipinski definition) is 4. The molecule has 3 rings (SSSR count). The Bertz CT molecular complexity index is 681. The van der Waals surface area contributed by atoms with Crippen LogP contribution in [0.15, 0.2) is 30.6 Å². The van der Waals surface area contributed by atoms with Crippen LogP contribution in [0.2, 0.25) is 0 Å². The van der Waals surface area contributed by atoms with E-state index in [0.717, 1.165) is 22.3 Å². The van der Waals surface area contributed by atoms with Gasteiger partial charge in [-0.1, -0.05) is 0 Å². The van der Waals surface area contributed by atoms with Gasteiger partial charge in [0.15, 0.2) is 0 Å². The molecule has 6 nitrogen and oxygen atoms in total. The van der Waals surface area contributed by atoms with Gasteiger partial charge in [-0.3, -0.25) is 9.78 Å². The fraction of sp³-hybridized carbons (Fsp3) is 0.167. The summed E-state index contributed by atoms with van der Waals surface area (Å²) in [6, 6.07) is 5.83. The third-order valence-corrected chi connectivity index (χ3v) is 2.84. The van der Waals surface area contributed by atoms with Gasteiger partial charge in [-0.25, -0.2) is 0 Å². The van der Waals surface area contributed by atoms with E-state index in [4.69, 9.17) is 5.73 Å². The molecule has 0 saturated heterocycles. The summed E-state index contributed by atoms with van der Waals surface area (Å²) in [5, 5.41) is 15.5. The Morgan fingerprint density at radius 3 is 3.11 bits per heavy atom. The average molecular weight is 242 g/mol. The number of aromatic amines is 1. The van der Waals surface area contributed by atoms with E-state index in [-0.39, 0.29) is 0 Å². The molecule has 0 bridgehead atoms. The number of aromatic nitrogens is 4. The average Bonchev–Trinajstić information content (AvgIpc) is 2.94. The van der Waals surface area contributed by atoms with Gasteiger partial charge in [0.2, 0.25) is 0 Å². The number of nitrogens with one attached hydrogen (secondary N) is 2. The molecule has 3 aromatic rings. The number of nitrogens with zero attached hydrogens (tertiary/aromatic N) is 3. The van der Waals surface area contributed by atoms with Crippen LogP contribution >= 0.6 is 0 Å². The minimum atomic E-state index is 0.644. The van der Waals surface area contributed by atoms with Crippen molar-refractivity contribution in [1.29, 1.82) is 0 Å². The van der Waals surface area contributed by atoms with Crippen molar-refractivity contribution in [3.8, 4) is 0 Å². The van der Waals surface area contributed by atoms with Crippen molar-refractivity contribution in [3.63, 3.8) is 0 Å². The SMILES string of the molecule is Cn1ccc(CNc2cc3[nH]ncc3cc2N)n1. The first kappa shape index (κ1) is 10.6. The van der Waals surface area contributed by atoms with Crippen molar-refractivity contribution in [2.75, 3.05) is 11.1 Å². The maximum absolute atomic E-state index is 5.99. The molecule has 1 aromatic carbocycles. The number of H-pyrrole nitrogens is 1. The van der Waals surface area contributed by atoms with E-state index < -0.39 is 0 Å². The van der Waals surface area contributed by atoms with Crippen molar-refractivity contribution in [2.45, 2.75) is 6.54 Å². The van der Waals surface area contributed by atoms with Gasteiger partial charge in [0.1, 0.15) is 0 Å². The number of rotatable bonds is 3. The normalized spacial score (nSPS) is 10.9. The Kier molecular flexibility index (Phi) is 2.40. The van der Waals surface area contributed by atoms with Gasteiger partial charge in [-0.15, -0.1) is 0 Å². The zero-order valence-electron chi connectivity index (χ0n) is 10.0. The maximum Gasteiger partial charge on any atom is 0.0815 e. The molecule has 0 radical (unpaired) electrons. The molecule has 0 saturated carbocycles. The predicted molar refractivity (Wildman–Crippen MR) is 71.0 cm³/mol. The van der Waals surface area contributed by atoms with Gasteiger partial charge in [0.05, 0.1) is 35.3 Å². The molecular formula is C12H14N6. The zero-order chi connectivity index (χ0) is 12.5. The minimum Gasteiger partial charge on any atom is -0.397 e. The van der Waals surface area contributed by atoms with Gasteiger partial charge in [-0.2, -0.15) is 10.2 Å². The van der Waals surface area contributed by atoms with Crippen molar-refractivity contribution in [2.24, 2.45) is 7.05 Å². The Labute approximate surface area is 104 Å². The lowest BCUT2D eigenvalue weighted by Gasteiger charge is -2.08. The Hall–Kier alpha value is -2.50. The lowest BCUT2D eigenvalue weighted by Crippen LogP contribution is -2.03. The number of benzene rings is 1. The van der Waals surface area contributed by atoms with Gasteiger partial charge in [0, 0.05) is 18.6 Å². The third kappa shape index (κ3) is 1.88. The van der Waals surface area contributed by atoms with Crippen LogP contribution < -0.4 is 11.1 Å². The number of anilines is 2. The summed E-state index contributed by atoms with van der Waals surface area (Å²) in [5.41, 5.74) is 9.52. The van der Waals surface area contributed by atoms with E-state index in [9.17, 15) is 0 Å². The van der Waals surface area contributed by atoms with E-state index >= 15 is 0 Å². The highest BCUT2D eigenvalue weighted by Gasteiger charge is 2.04. The standard InChI is InChI=1S/C12H14N6/c1-18-3-2-9(17-18)7-14-12-5-11-8(4-10(12)13)6-15-16-11/h2-6,14H,7,13H2,1H3,(H,15,16). The van der Waals surface area contributed by atoms with E-state index in [2.05, 4.69) is 20.6 Å². The molecule has 0 fully saturated rings. The van der Waals surface area contributed by atoms with Crippen LogP contribution in [-0.2, 0) is 13.6 Å². The minimum absolute atomic E-state index is 0.644. The van der Waals surface area contributed by atoms with Crippen LogP contribution in [-0.4, -0.2) is 20.0 Å². The van der Waals surface area contributed by atoms with E-state index in [1.54, 1.807) is 10.9 Å². The largest absolute Gasteiger partial charge is 0.397 e. The van der Waals surface area contributed by atoms with Gasteiger partial charge in [0.25, 0.3) is 0 Å². The van der Waals surface area contributed by atoms with Crippen LogP contribution in [0, 0.1) is 0 Å². The monoisotopic (exact) mass is 242 g/mol. The molecule has 0 atom stereocenters. The Morgan fingerprint density at radius 2 is 2.33 bits per heavy atom. The van der Waals surface area contributed by atoms with Crippen LogP contribution in [0.4, 0.5) is 11.4 Å². The second-order valence-electron chi connectivity index (χ2n) is 4.23. The molecule has 0 aliphatic rings. The molecule has 0 aliphatic heterocycles. The van der Waals surface area contributed by atoms with E-state index in [1.807, 2.05) is 31.4 Å². The van der Waals surface area contributed by atoms with Gasteiger partial charge < -0.3 is 11.1 Å². The summed E-state index contributed by atoms with van der Waals surface area (Å²) < 4.78 is 1.78. The van der Waals surface area contributed by atoms with Gasteiger partial charge in [-0.05, 0) is 18.2 Å². The lowest BCUT2D eigenvalue weighted by atomic mass is 10.2. The topological polar surface area (TPSA) is 84.5 Å². The summed E-state index contributed by atoms with van der Waals surface area (Å²) in [7, 11) is 1.90. The number of nitrogens with two attached hydrogens (primary N) is 1. The van der Waals surface area contributed by atoms with E-state index in [0.29, 0.717) is 12.2 Å². The first-order valence-corrected chi connectivity index (χ1v) is 5.67.